The van der Waals surface area contributed by atoms with Gasteiger partial charge >= 0.3 is 0 Å². The molecule has 3 aromatic rings. The molecular formula is C16H15BrN2O. The molecule has 0 radical (unpaired) electrons. The zero-order valence-electron chi connectivity index (χ0n) is 11.1. The smallest absolute Gasteiger partial charge is 0.150 e. The molecule has 1 aliphatic rings. The van der Waals surface area contributed by atoms with Crippen LogP contribution in [-0.2, 0) is 4.74 Å². The van der Waals surface area contributed by atoms with E-state index in [-0.39, 0.29) is 6.23 Å². The lowest BCUT2D eigenvalue weighted by Gasteiger charge is -2.23. The number of hydrogen-bond donors (Lipinski definition) is 0. The lowest BCUT2D eigenvalue weighted by atomic mass is 10.1. The summed E-state index contributed by atoms with van der Waals surface area (Å²) in [6.45, 7) is 0.837. The van der Waals surface area contributed by atoms with E-state index in [0.717, 1.165) is 29.4 Å². The van der Waals surface area contributed by atoms with Crippen LogP contribution in [0.2, 0.25) is 0 Å². The van der Waals surface area contributed by atoms with Crippen LogP contribution < -0.4 is 0 Å². The summed E-state index contributed by atoms with van der Waals surface area (Å²) in [4.78, 5) is 0. The van der Waals surface area contributed by atoms with Crippen molar-refractivity contribution in [2.24, 2.45) is 0 Å². The Morgan fingerprint density at radius 1 is 1.20 bits per heavy atom. The molecule has 4 heteroatoms. The van der Waals surface area contributed by atoms with Gasteiger partial charge in [0.2, 0.25) is 0 Å². The molecule has 0 aliphatic carbocycles. The summed E-state index contributed by atoms with van der Waals surface area (Å²) in [5.74, 6) is 0. The summed E-state index contributed by atoms with van der Waals surface area (Å²) in [6, 6.07) is 10.6. The predicted octanol–water partition coefficient (Wildman–Crippen LogP) is 4.65. The fourth-order valence-corrected chi connectivity index (χ4v) is 3.60. The Morgan fingerprint density at radius 2 is 2.15 bits per heavy atom. The minimum atomic E-state index is 0.0844. The first kappa shape index (κ1) is 12.4. The molecule has 1 aromatic heterocycles. The molecule has 0 spiro atoms. The molecule has 1 unspecified atom stereocenters. The second kappa shape index (κ2) is 4.86. The van der Waals surface area contributed by atoms with Crippen molar-refractivity contribution in [2.45, 2.75) is 25.5 Å². The van der Waals surface area contributed by atoms with Gasteiger partial charge in [-0.2, -0.15) is 5.10 Å². The Morgan fingerprint density at radius 3 is 3.00 bits per heavy atom. The summed E-state index contributed by atoms with van der Waals surface area (Å²) in [5.41, 5.74) is 1.15. The maximum atomic E-state index is 5.86. The van der Waals surface area contributed by atoms with E-state index in [2.05, 4.69) is 51.4 Å². The summed E-state index contributed by atoms with van der Waals surface area (Å²) >= 11 is 3.65. The van der Waals surface area contributed by atoms with Crippen molar-refractivity contribution >= 4 is 37.6 Å². The Bertz CT molecular complexity index is 775. The van der Waals surface area contributed by atoms with E-state index in [1.54, 1.807) is 0 Å². The van der Waals surface area contributed by atoms with Gasteiger partial charge in [-0.15, -0.1) is 0 Å². The van der Waals surface area contributed by atoms with Gasteiger partial charge in [-0.3, -0.25) is 0 Å². The molecule has 2 heterocycles. The molecular weight excluding hydrogens is 316 g/mol. The quantitative estimate of drug-likeness (QED) is 0.649. The fourth-order valence-electron chi connectivity index (χ4n) is 3.01. The average molecular weight is 331 g/mol. The number of rotatable bonds is 1. The first-order valence-electron chi connectivity index (χ1n) is 7.00. The first-order chi connectivity index (χ1) is 9.84. The zero-order chi connectivity index (χ0) is 13.5. The van der Waals surface area contributed by atoms with Gasteiger partial charge in [0, 0.05) is 21.9 Å². The van der Waals surface area contributed by atoms with Crippen molar-refractivity contribution in [3.63, 3.8) is 0 Å². The highest BCUT2D eigenvalue weighted by Crippen LogP contribution is 2.33. The molecule has 0 saturated carbocycles. The largest absolute Gasteiger partial charge is 0.356 e. The van der Waals surface area contributed by atoms with E-state index in [0.29, 0.717) is 0 Å². The molecule has 2 aromatic carbocycles. The highest BCUT2D eigenvalue weighted by molar-refractivity contribution is 9.10. The van der Waals surface area contributed by atoms with E-state index in [9.17, 15) is 0 Å². The maximum Gasteiger partial charge on any atom is 0.150 e. The van der Waals surface area contributed by atoms with Crippen LogP contribution in [0.15, 0.2) is 41.0 Å². The minimum Gasteiger partial charge on any atom is -0.356 e. The molecule has 0 amide bonds. The molecule has 1 saturated heterocycles. The van der Waals surface area contributed by atoms with Crippen molar-refractivity contribution in [1.82, 2.24) is 9.78 Å². The van der Waals surface area contributed by atoms with E-state index in [4.69, 9.17) is 4.74 Å². The number of nitrogens with zero attached hydrogens (tertiary/aromatic N) is 2. The van der Waals surface area contributed by atoms with Crippen LogP contribution in [0.4, 0.5) is 0 Å². The van der Waals surface area contributed by atoms with Crippen LogP contribution in [0, 0.1) is 0 Å². The lowest BCUT2D eigenvalue weighted by molar-refractivity contribution is -0.0366. The fraction of sp³-hybridized carbons (Fsp3) is 0.312. The third kappa shape index (κ3) is 1.86. The summed E-state index contributed by atoms with van der Waals surface area (Å²) < 4.78 is 9.01. The molecule has 1 fully saturated rings. The van der Waals surface area contributed by atoms with Gasteiger partial charge in [-0.25, -0.2) is 4.68 Å². The highest BCUT2D eigenvalue weighted by Gasteiger charge is 2.19. The van der Waals surface area contributed by atoms with E-state index < -0.39 is 0 Å². The van der Waals surface area contributed by atoms with Crippen molar-refractivity contribution in [3.05, 3.63) is 41.0 Å². The number of fused-ring (bicyclic) bond motifs is 3. The van der Waals surface area contributed by atoms with Crippen molar-refractivity contribution in [1.29, 1.82) is 0 Å². The zero-order valence-corrected chi connectivity index (χ0v) is 12.6. The van der Waals surface area contributed by atoms with E-state index >= 15 is 0 Å². The summed E-state index contributed by atoms with van der Waals surface area (Å²) in [7, 11) is 0. The topological polar surface area (TPSA) is 27.1 Å². The van der Waals surface area contributed by atoms with Crippen LogP contribution in [0.5, 0.6) is 0 Å². The monoisotopic (exact) mass is 330 g/mol. The summed E-state index contributed by atoms with van der Waals surface area (Å²) in [5, 5.41) is 8.23. The minimum absolute atomic E-state index is 0.0844. The summed E-state index contributed by atoms with van der Waals surface area (Å²) in [6.07, 6.45) is 5.46. The average Bonchev–Trinajstić information content (AvgIpc) is 2.92. The SMILES string of the molecule is Brc1cccc2ccc3c(cnn3C3CCCCO3)c12. The lowest BCUT2D eigenvalue weighted by Crippen LogP contribution is -2.18. The molecule has 0 N–H and O–H groups in total. The molecule has 0 bridgehead atoms. The number of ether oxygens (including phenoxy) is 1. The Balaban J connectivity index is 1.95. The van der Waals surface area contributed by atoms with Crippen LogP contribution in [-0.4, -0.2) is 16.4 Å². The van der Waals surface area contributed by atoms with Crippen molar-refractivity contribution in [3.8, 4) is 0 Å². The standard InChI is InChI=1S/C16H15BrN2O/c17-13-5-3-4-11-7-8-14-12(16(11)13)10-18-19(14)15-6-1-2-9-20-15/h3-5,7-8,10,15H,1-2,6,9H2. The second-order valence-electron chi connectivity index (χ2n) is 5.25. The number of halogens is 1. The van der Waals surface area contributed by atoms with Crippen LogP contribution >= 0.6 is 15.9 Å². The number of hydrogen-bond acceptors (Lipinski definition) is 2. The second-order valence-corrected chi connectivity index (χ2v) is 6.10. The predicted molar refractivity (Wildman–Crippen MR) is 83.8 cm³/mol. The van der Waals surface area contributed by atoms with Crippen molar-refractivity contribution in [2.75, 3.05) is 6.61 Å². The molecule has 1 aliphatic heterocycles. The van der Waals surface area contributed by atoms with E-state index in [1.807, 2.05) is 10.9 Å². The van der Waals surface area contributed by atoms with Crippen LogP contribution in [0.3, 0.4) is 0 Å². The van der Waals surface area contributed by atoms with Gasteiger partial charge in [0.05, 0.1) is 11.7 Å². The van der Waals surface area contributed by atoms with Crippen molar-refractivity contribution < 1.29 is 4.74 Å². The van der Waals surface area contributed by atoms with Gasteiger partial charge in [-0.1, -0.05) is 34.1 Å². The molecule has 4 rings (SSSR count). The highest BCUT2D eigenvalue weighted by atomic mass is 79.9. The molecule has 1 atom stereocenters. The van der Waals surface area contributed by atoms with Crippen LogP contribution in [0.1, 0.15) is 25.5 Å². The Labute approximate surface area is 125 Å². The maximum absolute atomic E-state index is 5.86. The normalized spacial score (nSPS) is 19.8. The third-order valence-corrected chi connectivity index (χ3v) is 4.66. The molecule has 20 heavy (non-hydrogen) atoms. The van der Waals surface area contributed by atoms with Gasteiger partial charge in [0.15, 0.2) is 6.23 Å². The number of benzene rings is 2. The third-order valence-electron chi connectivity index (χ3n) is 4.00. The van der Waals surface area contributed by atoms with Crippen LogP contribution in [0.25, 0.3) is 21.7 Å². The number of aromatic nitrogens is 2. The van der Waals surface area contributed by atoms with Gasteiger partial charge in [-0.05, 0) is 36.8 Å². The molecule has 3 nitrogen and oxygen atoms in total. The van der Waals surface area contributed by atoms with Gasteiger partial charge < -0.3 is 4.74 Å². The molecule has 102 valence electrons. The van der Waals surface area contributed by atoms with Gasteiger partial charge in [0.1, 0.15) is 0 Å². The Kier molecular flexibility index (Phi) is 3.00. The Hall–Kier alpha value is -1.39. The van der Waals surface area contributed by atoms with E-state index in [1.165, 1.54) is 22.6 Å². The van der Waals surface area contributed by atoms with Gasteiger partial charge in [0.25, 0.3) is 0 Å². The first-order valence-corrected chi connectivity index (χ1v) is 7.80.